The van der Waals surface area contributed by atoms with Gasteiger partial charge in [-0.2, -0.15) is 0 Å². The minimum atomic E-state index is -0.194. The molecule has 1 aromatic carbocycles. The molecule has 2 aliphatic rings. The number of carbonyl (C=O) groups is 2. The number of hydrogen-bond acceptors (Lipinski definition) is 3. The molecule has 2 fully saturated rings. The van der Waals surface area contributed by atoms with Gasteiger partial charge in [-0.1, -0.05) is 6.42 Å². The third kappa shape index (κ3) is 4.10. The van der Waals surface area contributed by atoms with Crippen molar-refractivity contribution in [2.45, 2.75) is 32.1 Å². The summed E-state index contributed by atoms with van der Waals surface area (Å²) in [6, 6.07) is 7.17. The van der Waals surface area contributed by atoms with E-state index in [4.69, 9.17) is 4.74 Å². The number of rotatable bonds is 6. The van der Waals surface area contributed by atoms with Crippen molar-refractivity contribution in [3.8, 4) is 0 Å². The van der Waals surface area contributed by atoms with E-state index in [9.17, 15) is 9.59 Å². The monoisotopic (exact) mass is 316 g/mol. The van der Waals surface area contributed by atoms with Gasteiger partial charge in [0.05, 0.1) is 0 Å². The fourth-order valence-corrected chi connectivity index (χ4v) is 4.04. The molecule has 2 bridgehead atoms. The predicted octanol–water partition coefficient (Wildman–Crippen LogP) is 3.04. The maximum absolute atomic E-state index is 12.2. The molecule has 5 heteroatoms. The molecule has 0 saturated heterocycles. The molecule has 2 aliphatic carbocycles. The topological polar surface area (TPSA) is 67.4 Å². The summed E-state index contributed by atoms with van der Waals surface area (Å²) < 4.78 is 4.77. The highest BCUT2D eigenvalue weighted by atomic mass is 16.5. The van der Waals surface area contributed by atoms with E-state index >= 15 is 0 Å². The summed E-state index contributed by atoms with van der Waals surface area (Å²) in [5.41, 5.74) is 1.46. The second-order valence-electron chi connectivity index (χ2n) is 6.75. The Hall–Kier alpha value is -1.88. The molecule has 3 unspecified atom stereocenters. The summed E-state index contributed by atoms with van der Waals surface area (Å²) in [5, 5.41) is 5.68. The summed E-state index contributed by atoms with van der Waals surface area (Å²) in [5.74, 6) is 2.11. The molecule has 0 aromatic heterocycles. The first kappa shape index (κ1) is 16.0. The number of carbonyl (C=O) groups excluding carboxylic acids is 2. The smallest absolute Gasteiger partial charge is 0.250 e. The number of anilines is 2. The van der Waals surface area contributed by atoms with Crippen LogP contribution in [-0.2, 0) is 14.3 Å². The van der Waals surface area contributed by atoms with Crippen molar-refractivity contribution in [1.82, 2.24) is 0 Å². The highest BCUT2D eigenvalue weighted by Crippen LogP contribution is 2.49. The maximum atomic E-state index is 12.2. The molecule has 5 nitrogen and oxygen atoms in total. The highest BCUT2D eigenvalue weighted by molar-refractivity contribution is 5.93. The van der Waals surface area contributed by atoms with E-state index in [1.165, 1.54) is 32.8 Å². The van der Waals surface area contributed by atoms with Gasteiger partial charge in [0.2, 0.25) is 11.8 Å². The van der Waals surface area contributed by atoms with Gasteiger partial charge in [0.1, 0.15) is 6.61 Å². The molecule has 2 saturated carbocycles. The number of amides is 2. The van der Waals surface area contributed by atoms with Crippen molar-refractivity contribution in [2.24, 2.45) is 17.8 Å². The fraction of sp³-hybridized carbons (Fsp3) is 0.556. The van der Waals surface area contributed by atoms with Crippen LogP contribution in [-0.4, -0.2) is 25.5 Å². The molecular formula is C18H24N2O3. The predicted molar refractivity (Wildman–Crippen MR) is 89.1 cm³/mol. The van der Waals surface area contributed by atoms with Crippen LogP contribution in [0.25, 0.3) is 0 Å². The molecule has 0 spiro atoms. The Morgan fingerprint density at radius 1 is 1.04 bits per heavy atom. The van der Waals surface area contributed by atoms with E-state index in [0.29, 0.717) is 18.0 Å². The summed E-state index contributed by atoms with van der Waals surface area (Å²) in [6.07, 6.45) is 5.85. The van der Waals surface area contributed by atoms with Crippen LogP contribution in [0, 0.1) is 17.8 Å². The Morgan fingerprint density at radius 2 is 1.70 bits per heavy atom. The molecular weight excluding hydrogens is 292 g/mol. The third-order valence-electron chi connectivity index (χ3n) is 5.06. The Labute approximate surface area is 136 Å². The van der Waals surface area contributed by atoms with Crippen LogP contribution in [0.5, 0.6) is 0 Å². The SMILES string of the molecule is COCC(=O)Nc1ccc(NC(=O)CC2CC3CCC2C3)cc1. The zero-order valence-corrected chi connectivity index (χ0v) is 13.5. The normalized spacial score (nSPS) is 25.3. The van der Waals surface area contributed by atoms with Crippen LogP contribution in [0.15, 0.2) is 24.3 Å². The summed E-state index contributed by atoms with van der Waals surface area (Å²) in [7, 11) is 1.48. The number of nitrogens with one attached hydrogen (secondary N) is 2. The van der Waals surface area contributed by atoms with E-state index < -0.39 is 0 Å². The Bertz CT molecular complexity index is 570. The van der Waals surface area contributed by atoms with Gasteiger partial charge in [0, 0.05) is 24.9 Å². The Kier molecular flexibility index (Phi) is 4.96. The Balaban J connectivity index is 1.48. The van der Waals surface area contributed by atoms with Crippen molar-refractivity contribution in [3.63, 3.8) is 0 Å². The lowest BCUT2D eigenvalue weighted by Crippen LogP contribution is -2.20. The minimum absolute atomic E-state index is 0.0298. The molecule has 2 N–H and O–H groups in total. The Morgan fingerprint density at radius 3 is 2.22 bits per heavy atom. The summed E-state index contributed by atoms with van der Waals surface area (Å²) >= 11 is 0. The molecule has 3 rings (SSSR count). The van der Waals surface area contributed by atoms with Crippen LogP contribution in [0.1, 0.15) is 32.1 Å². The van der Waals surface area contributed by atoms with Crippen molar-refractivity contribution in [2.75, 3.05) is 24.4 Å². The third-order valence-corrected chi connectivity index (χ3v) is 5.06. The van der Waals surface area contributed by atoms with E-state index in [0.717, 1.165) is 17.5 Å². The number of methoxy groups -OCH3 is 1. The van der Waals surface area contributed by atoms with Gasteiger partial charge in [-0.25, -0.2) is 0 Å². The molecule has 124 valence electrons. The average Bonchev–Trinajstić information content (AvgIpc) is 3.12. The maximum Gasteiger partial charge on any atom is 0.250 e. The molecule has 0 radical (unpaired) electrons. The molecule has 3 atom stereocenters. The van der Waals surface area contributed by atoms with Crippen molar-refractivity contribution in [1.29, 1.82) is 0 Å². The molecule has 0 aliphatic heterocycles. The highest BCUT2D eigenvalue weighted by Gasteiger charge is 2.40. The van der Waals surface area contributed by atoms with Crippen LogP contribution >= 0.6 is 0 Å². The first-order valence-electron chi connectivity index (χ1n) is 8.32. The first-order valence-corrected chi connectivity index (χ1v) is 8.32. The van der Waals surface area contributed by atoms with E-state index in [1.54, 1.807) is 24.3 Å². The average molecular weight is 316 g/mol. The van der Waals surface area contributed by atoms with Crippen molar-refractivity contribution in [3.05, 3.63) is 24.3 Å². The molecule has 2 amide bonds. The lowest BCUT2D eigenvalue weighted by Gasteiger charge is -2.20. The molecule has 0 heterocycles. The van der Waals surface area contributed by atoms with E-state index in [1.807, 2.05) is 0 Å². The van der Waals surface area contributed by atoms with E-state index in [2.05, 4.69) is 10.6 Å². The minimum Gasteiger partial charge on any atom is -0.375 e. The number of ether oxygens (including phenoxy) is 1. The van der Waals surface area contributed by atoms with E-state index in [-0.39, 0.29) is 18.4 Å². The first-order chi connectivity index (χ1) is 11.1. The number of hydrogen-bond donors (Lipinski definition) is 2. The lowest BCUT2D eigenvalue weighted by molar-refractivity contribution is -0.119. The summed E-state index contributed by atoms with van der Waals surface area (Å²) in [4.78, 5) is 23.6. The fourth-order valence-electron chi connectivity index (χ4n) is 4.04. The van der Waals surface area contributed by atoms with Gasteiger partial charge in [0.15, 0.2) is 0 Å². The zero-order valence-electron chi connectivity index (χ0n) is 13.5. The molecule has 1 aromatic rings. The largest absolute Gasteiger partial charge is 0.375 e. The van der Waals surface area contributed by atoms with Gasteiger partial charge in [-0.3, -0.25) is 9.59 Å². The molecule has 23 heavy (non-hydrogen) atoms. The second kappa shape index (κ2) is 7.13. The van der Waals surface area contributed by atoms with Gasteiger partial charge in [-0.05, 0) is 61.3 Å². The quantitative estimate of drug-likeness (QED) is 0.847. The van der Waals surface area contributed by atoms with Crippen molar-refractivity contribution < 1.29 is 14.3 Å². The van der Waals surface area contributed by atoms with Crippen molar-refractivity contribution >= 4 is 23.2 Å². The van der Waals surface area contributed by atoms with Crippen LogP contribution in [0.4, 0.5) is 11.4 Å². The zero-order chi connectivity index (χ0) is 16.2. The summed E-state index contributed by atoms with van der Waals surface area (Å²) in [6.45, 7) is 0.0298. The van der Waals surface area contributed by atoms with Crippen LogP contribution in [0.2, 0.25) is 0 Å². The standard InChI is InChI=1S/C18H24N2O3/c1-23-11-18(22)20-16-6-4-15(5-7-16)19-17(21)10-14-9-12-2-3-13(14)8-12/h4-7,12-14H,2-3,8-11H2,1H3,(H,19,21)(H,20,22). The van der Waals surface area contributed by atoms with Gasteiger partial charge < -0.3 is 15.4 Å². The number of benzene rings is 1. The second-order valence-corrected chi connectivity index (χ2v) is 6.75. The van der Waals surface area contributed by atoms with Crippen LogP contribution in [0.3, 0.4) is 0 Å². The van der Waals surface area contributed by atoms with Gasteiger partial charge >= 0.3 is 0 Å². The van der Waals surface area contributed by atoms with Crippen LogP contribution < -0.4 is 10.6 Å². The lowest BCUT2D eigenvalue weighted by atomic mass is 9.86. The number of fused-ring (bicyclic) bond motifs is 2. The van der Waals surface area contributed by atoms with Gasteiger partial charge in [0.25, 0.3) is 0 Å². The van der Waals surface area contributed by atoms with Gasteiger partial charge in [-0.15, -0.1) is 0 Å².